The molecule has 0 aliphatic carbocycles. The lowest BCUT2D eigenvalue weighted by molar-refractivity contribution is -0.135. The number of aliphatic hydroxyl groups is 1. The van der Waals surface area contributed by atoms with Gasteiger partial charge < -0.3 is 34.4 Å². The molecule has 0 saturated carbocycles. The Labute approximate surface area is 457 Å². The number of amides is 3. The molecule has 6 aliphatic rings. The van der Waals surface area contributed by atoms with Crippen LogP contribution in [0.5, 0.6) is 11.8 Å². The molecule has 0 bridgehead atoms. The van der Waals surface area contributed by atoms with E-state index < -0.39 is 29.2 Å². The first-order chi connectivity index (χ1) is 38.1. The molecule has 17 nitrogen and oxygen atoms in total. The number of anilines is 1. The fourth-order valence-electron chi connectivity index (χ4n) is 14.3. The lowest BCUT2D eigenvalue weighted by atomic mass is 9.88. The standard InChI is InChI=1S/C60H71F2N9O8/c1-4-42-46(61)11-7-39-29-41(72)31-45(51(39)42)43-9-10-44-53(52(43)62)64-56(65-54(44)69-23-5-20-59(2,77)34-69)79-35-60-21-6-24-70(60)40(15-22-60)33-78-58(76)68-27-16-36(17-28-68)32-67-25-18-37(19-26-67)38-8-12-47-49(30-38)66(3)57(75)71(47)48-13-14-50(73)63-55(48)74/h7-12,29-31,36-37,40,48,72,77H,4-6,13-28,32-35H2,1-3H3,(H,63,73,74)/t40-,48?,59-,60+/m1/s1. The number of carbonyl (C=O) groups excluding carboxylic acids is 3. The van der Waals surface area contributed by atoms with E-state index in [2.05, 4.69) is 27.2 Å². The third-order valence-corrected chi connectivity index (χ3v) is 18.5. The Bertz CT molecular complexity index is 3440. The van der Waals surface area contributed by atoms with Gasteiger partial charge in [0, 0.05) is 63.2 Å². The molecule has 19 heteroatoms. The molecule has 0 spiro atoms. The molecule has 1 unspecified atom stereocenters. The van der Waals surface area contributed by atoms with Crippen LogP contribution < -0.4 is 20.6 Å². The Morgan fingerprint density at radius 3 is 2.43 bits per heavy atom. The van der Waals surface area contributed by atoms with Crippen LogP contribution in [0.4, 0.5) is 19.4 Å². The molecule has 6 fully saturated rings. The highest BCUT2D eigenvalue weighted by Gasteiger charge is 2.50. The first kappa shape index (κ1) is 53.0. The number of aryl methyl sites for hydroxylation is 2. The van der Waals surface area contributed by atoms with Crippen LogP contribution in [0.25, 0.3) is 43.8 Å². The van der Waals surface area contributed by atoms with Gasteiger partial charge in [-0.25, -0.2) is 18.4 Å². The van der Waals surface area contributed by atoms with Gasteiger partial charge in [-0.05, 0) is 179 Å². The number of aromatic hydroxyl groups is 1. The van der Waals surface area contributed by atoms with Crippen LogP contribution in [0.2, 0.25) is 0 Å². The van der Waals surface area contributed by atoms with Crippen LogP contribution in [0.3, 0.4) is 0 Å². The summed E-state index contributed by atoms with van der Waals surface area (Å²) < 4.78 is 48.4. The number of nitrogens with zero attached hydrogens (tertiary/aromatic N) is 8. The van der Waals surface area contributed by atoms with Crippen molar-refractivity contribution in [2.24, 2.45) is 13.0 Å². The molecule has 6 aliphatic heterocycles. The molecule has 4 atom stereocenters. The fourth-order valence-corrected chi connectivity index (χ4v) is 14.3. The van der Waals surface area contributed by atoms with E-state index in [9.17, 15) is 29.4 Å². The molecule has 3 amide bonds. The first-order valence-electron chi connectivity index (χ1n) is 28.6. The van der Waals surface area contributed by atoms with Crippen molar-refractivity contribution in [3.63, 3.8) is 0 Å². The van der Waals surface area contributed by atoms with Gasteiger partial charge in [0.15, 0.2) is 5.82 Å². The number of carbonyl (C=O) groups is 3. The zero-order valence-corrected chi connectivity index (χ0v) is 45.4. The van der Waals surface area contributed by atoms with Crippen molar-refractivity contribution in [1.29, 1.82) is 0 Å². The van der Waals surface area contributed by atoms with Crippen LogP contribution in [-0.2, 0) is 27.8 Å². The number of fused-ring (bicyclic) bond motifs is 4. The van der Waals surface area contributed by atoms with Crippen molar-refractivity contribution in [2.45, 2.75) is 126 Å². The quantitative estimate of drug-likeness (QED) is 0.1000. The van der Waals surface area contributed by atoms with E-state index in [1.807, 2.05) is 22.8 Å². The highest BCUT2D eigenvalue weighted by atomic mass is 19.1. The molecule has 6 saturated heterocycles. The summed E-state index contributed by atoms with van der Waals surface area (Å²) in [7, 11) is 1.73. The number of hydrogen-bond acceptors (Lipinski definition) is 13. The number of aromatic nitrogens is 4. The molecule has 6 aromatic rings. The number of piperidine rings is 4. The fraction of sp³-hybridized carbons (Fsp3) is 0.533. The number of hydrogen-bond donors (Lipinski definition) is 3. The number of benzene rings is 4. The monoisotopic (exact) mass is 1080 g/mol. The highest BCUT2D eigenvalue weighted by molar-refractivity contribution is 6.03. The summed E-state index contributed by atoms with van der Waals surface area (Å²) in [5, 5.41) is 25.9. The van der Waals surface area contributed by atoms with E-state index in [0.717, 1.165) is 83.1 Å². The minimum Gasteiger partial charge on any atom is -0.508 e. The summed E-state index contributed by atoms with van der Waals surface area (Å²) in [6.07, 6.45) is 9.20. The van der Waals surface area contributed by atoms with Crippen molar-refractivity contribution in [3.05, 3.63) is 87.8 Å². The summed E-state index contributed by atoms with van der Waals surface area (Å²) in [4.78, 5) is 69.9. The molecular weight excluding hydrogens is 1010 g/mol. The minimum absolute atomic E-state index is 0.0134. The average Bonchev–Trinajstić information content (AvgIpc) is 4.32. The van der Waals surface area contributed by atoms with E-state index >= 15 is 8.78 Å². The molecular formula is C60H71F2N9O8. The highest BCUT2D eigenvalue weighted by Crippen LogP contribution is 2.45. The second-order valence-electron chi connectivity index (χ2n) is 23.7. The summed E-state index contributed by atoms with van der Waals surface area (Å²) >= 11 is 0. The van der Waals surface area contributed by atoms with Crippen molar-refractivity contribution in [3.8, 4) is 22.9 Å². The normalized spacial score (nSPS) is 24.7. The van der Waals surface area contributed by atoms with Crippen LogP contribution in [0.15, 0.2) is 59.4 Å². The maximum absolute atomic E-state index is 17.3. The predicted molar refractivity (Wildman–Crippen MR) is 295 cm³/mol. The zero-order chi connectivity index (χ0) is 54.9. The van der Waals surface area contributed by atoms with Crippen LogP contribution >= 0.6 is 0 Å². The number of ether oxygens (including phenoxy) is 2. The third-order valence-electron chi connectivity index (χ3n) is 18.5. The summed E-state index contributed by atoms with van der Waals surface area (Å²) in [5.74, 6) is -0.580. The van der Waals surface area contributed by atoms with Gasteiger partial charge in [0.05, 0.1) is 22.2 Å². The molecule has 3 N–H and O–H groups in total. The van der Waals surface area contributed by atoms with Crippen LogP contribution in [-0.4, -0.2) is 145 Å². The minimum atomic E-state index is -0.983. The summed E-state index contributed by atoms with van der Waals surface area (Å²) in [5.41, 5.74) is 2.05. The average molecular weight is 1080 g/mol. The Morgan fingerprint density at radius 2 is 1.66 bits per heavy atom. The Kier molecular flexibility index (Phi) is 14.1. The van der Waals surface area contributed by atoms with Crippen molar-refractivity contribution >= 4 is 56.4 Å². The van der Waals surface area contributed by atoms with Gasteiger partial charge in [0.1, 0.15) is 42.2 Å². The number of rotatable bonds is 12. The van der Waals surface area contributed by atoms with Crippen molar-refractivity contribution in [1.82, 2.24) is 39.1 Å². The van der Waals surface area contributed by atoms with Gasteiger partial charge in [-0.3, -0.25) is 28.9 Å². The largest absolute Gasteiger partial charge is 0.508 e. The van der Waals surface area contributed by atoms with Crippen LogP contribution in [0.1, 0.15) is 114 Å². The summed E-state index contributed by atoms with van der Waals surface area (Å²) in [6, 6.07) is 14.8. The number of likely N-dealkylation sites (tertiary alicyclic amines) is 2. The van der Waals surface area contributed by atoms with Gasteiger partial charge in [0.2, 0.25) is 11.8 Å². The Morgan fingerprint density at radius 1 is 0.861 bits per heavy atom. The topological polar surface area (TPSA) is 188 Å². The van der Waals surface area contributed by atoms with E-state index in [1.165, 1.54) is 22.3 Å². The van der Waals surface area contributed by atoms with Crippen molar-refractivity contribution in [2.75, 3.05) is 70.5 Å². The van der Waals surface area contributed by atoms with E-state index in [-0.39, 0.29) is 78.3 Å². The Balaban J connectivity index is 0.664. The lowest BCUT2D eigenvalue weighted by Crippen LogP contribution is -2.49. The smallest absolute Gasteiger partial charge is 0.409 e. The maximum atomic E-state index is 17.3. The second kappa shape index (κ2) is 21.1. The summed E-state index contributed by atoms with van der Waals surface area (Å²) in [6.45, 7) is 10.1. The van der Waals surface area contributed by atoms with Gasteiger partial charge >= 0.3 is 17.8 Å². The van der Waals surface area contributed by atoms with Crippen LogP contribution in [0, 0.1) is 17.6 Å². The molecule has 2 aromatic heterocycles. The van der Waals surface area contributed by atoms with Gasteiger partial charge in [-0.2, -0.15) is 9.97 Å². The van der Waals surface area contributed by atoms with Gasteiger partial charge in [0.25, 0.3) is 0 Å². The molecule has 4 aromatic carbocycles. The number of halogens is 2. The first-order valence-corrected chi connectivity index (χ1v) is 28.6. The number of phenolic OH excluding ortho intramolecular Hbond substituents is 1. The van der Waals surface area contributed by atoms with Crippen molar-refractivity contribution < 1.29 is 42.9 Å². The molecule has 12 rings (SSSR count). The molecule has 79 heavy (non-hydrogen) atoms. The zero-order valence-electron chi connectivity index (χ0n) is 45.4. The molecule has 0 radical (unpaired) electrons. The molecule has 418 valence electrons. The third kappa shape index (κ3) is 9.97. The van der Waals surface area contributed by atoms with Gasteiger partial charge in [-0.1, -0.05) is 25.1 Å². The van der Waals surface area contributed by atoms with E-state index in [0.29, 0.717) is 95.8 Å². The van der Waals surface area contributed by atoms with E-state index in [1.54, 1.807) is 42.8 Å². The second-order valence-corrected chi connectivity index (χ2v) is 23.7. The van der Waals surface area contributed by atoms with Gasteiger partial charge in [-0.15, -0.1) is 0 Å². The number of phenols is 1. The lowest BCUT2D eigenvalue weighted by Gasteiger charge is -2.38. The maximum Gasteiger partial charge on any atom is 0.409 e. The number of nitrogens with one attached hydrogen (secondary N) is 1. The predicted octanol–water partition coefficient (Wildman–Crippen LogP) is 8.08. The number of β-amino-alcohol motifs (C(OH)–C–C–N with tert-alkyl or cyclic N) is 1. The number of imide groups is 1. The van der Waals surface area contributed by atoms with E-state index in [4.69, 9.17) is 19.4 Å². The molecule has 8 heterocycles. The SMILES string of the molecule is CCc1c(F)ccc2cc(O)cc(-c3ccc4c(N5CCC[C@@](C)(O)C5)nc(OC[C@@]56CCCN5[C@@H](COC(=O)N5CCC(CN7CCC(c8ccc9c(c8)n(C)c(=O)n9C8CCC(=O)NC8=O)CC7)CC5)CC6)nc4c3F)c12. The Hall–Kier alpha value is -6.70. The number of imidazole rings is 1.